The van der Waals surface area contributed by atoms with Crippen molar-refractivity contribution in [3.63, 3.8) is 0 Å². The maximum absolute atomic E-state index is 13.5. The van der Waals surface area contributed by atoms with E-state index < -0.39 is 5.82 Å². The van der Waals surface area contributed by atoms with Crippen molar-refractivity contribution in [1.29, 1.82) is 0 Å². The SMILES string of the molecule is Cc1ccc(NC(=O)COc2ccc(Br)cc2F)c(Br)c1. The third-order valence-electron chi connectivity index (χ3n) is 2.65. The van der Waals surface area contributed by atoms with Gasteiger partial charge in [0, 0.05) is 8.95 Å². The number of nitrogens with one attached hydrogen (secondary N) is 1. The first-order valence-electron chi connectivity index (χ1n) is 6.09. The number of halogens is 3. The van der Waals surface area contributed by atoms with E-state index >= 15 is 0 Å². The quantitative estimate of drug-likeness (QED) is 0.785. The summed E-state index contributed by atoms with van der Waals surface area (Å²) in [5.41, 5.74) is 1.72. The van der Waals surface area contributed by atoms with E-state index in [2.05, 4.69) is 37.2 Å². The number of hydrogen-bond donors (Lipinski definition) is 1. The van der Waals surface area contributed by atoms with E-state index in [1.165, 1.54) is 12.1 Å². The fraction of sp³-hybridized carbons (Fsp3) is 0.133. The molecule has 2 aromatic rings. The molecule has 0 radical (unpaired) electrons. The van der Waals surface area contributed by atoms with Crippen molar-refractivity contribution in [3.8, 4) is 5.75 Å². The zero-order valence-corrected chi connectivity index (χ0v) is 14.3. The van der Waals surface area contributed by atoms with Crippen molar-refractivity contribution in [3.05, 3.63) is 56.7 Å². The third kappa shape index (κ3) is 4.54. The zero-order chi connectivity index (χ0) is 15.4. The molecular weight excluding hydrogens is 405 g/mol. The Morgan fingerprint density at radius 1 is 1.24 bits per heavy atom. The van der Waals surface area contributed by atoms with Crippen LogP contribution in [0.25, 0.3) is 0 Å². The number of aryl methyl sites for hydroxylation is 1. The molecule has 0 bridgehead atoms. The van der Waals surface area contributed by atoms with Crippen LogP contribution in [0.4, 0.5) is 10.1 Å². The zero-order valence-electron chi connectivity index (χ0n) is 11.1. The normalized spacial score (nSPS) is 10.3. The summed E-state index contributed by atoms with van der Waals surface area (Å²) in [6, 6.07) is 9.96. The van der Waals surface area contributed by atoms with Crippen LogP contribution in [0.2, 0.25) is 0 Å². The molecule has 0 unspecified atom stereocenters. The molecule has 0 saturated heterocycles. The number of rotatable bonds is 4. The summed E-state index contributed by atoms with van der Waals surface area (Å²) in [7, 11) is 0. The molecule has 1 N–H and O–H groups in total. The average molecular weight is 417 g/mol. The summed E-state index contributed by atoms with van der Waals surface area (Å²) in [5.74, 6) is -0.841. The fourth-order valence-corrected chi connectivity index (χ4v) is 2.57. The lowest BCUT2D eigenvalue weighted by Gasteiger charge is -2.10. The van der Waals surface area contributed by atoms with Gasteiger partial charge in [0.1, 0.15) is 0 Å². The van der Waals surface area contributed by atoms with Gasteiger partial charge in [-0.05, 0) is 58.7 Å². The monoisotopic (exact) mass is 415 g/mol. The van der Waals surface area contributed by atoms with E-state index in [0.717, 1.165) is 10.0 Å². The Bertz CT molecular complexity index is 677. The molecule has 0 spiro atoms. The van der Waals surface area contributed by atoms with Gasteiger partial charge >= 0.3 is 0 Å². The number of hydrogen-bond acceptors (Lipinski definition) is 2. The molecule has 110 valence electrons. The van der Waals surface area contributed by atoms with E-state index in [1.54, 1.807) is 12.1 Å². The van der Waals surface area contributed by atoms with Gasteiger partial charge in [0.15, 0.2) is 18.2 Å². The smallest absolute Gasteiger partial charge is 0.262 e. The van der Waals surface area contributed by atoms with Crippen molar-refractivity contribution in [2.45, 2.75) is 6.92 Å². The highest BCUT2D eigenvalue weighted by atomic mass is 79.9. The van der Waals surface area contributed by atoms with Gasteiger partial charge in [0.2, 0.25) is 0 Å². The highest BCUT2D eigenvalue weighted by Gasteiger charge is 2.09. The van der Waals surface area contributed by atoms with Crippen LogP contribution in [-0.4, -0.2) is 12.5 Å². The molecule has 0 saturated carbocycles. The number of anilines is 1. The van der Waals surface area contributed by atoms with Crippen LogP contribution in [-0.2, 0) is 4.79 Å². The Morgan fingerprint density at radius 3 is 2.67 bits per heavy atom. The topological polar surface area (TPSA) is 38.3 Å². The maximum Gasteiger partial charge on any atom is 0.262 e. The second-order valence-corrected chi connectivity index (χ2v) is 6.16. The van der Waals surface area contributed by atoms with Crippen LogP contribution in [0, 0.1) is 12.7 Å². The van der Waals surface area contributed by atoms with Crippen LogP contribution >= 0.6 is 31.9 Å². The molecular formula is C15H12Br2FNO2. The van der Waals surface area contributed by atoms with Gasteiger partial charge in [-0.25, -0.2) is 4.39 Å². The molecule has 0 aliphatic carbocycles. The minimum absolute atomic E-state index is 0.0383. The lowest BCUT2D eigenvalue weighted by atomic mass is 10.2. The molecule has 0 aliphatic rings. The molecule has 0 aromatic heterocycles. The van der Waals surface area contributed by atoms with Crippen LogP contribution in [0.5, 0.6) is 5.75 Å². The minimum atomic E-state index is -0.520. The molecule has 0 heterocycles. The Balaban J connectivity index is 1.96. The lowest BCUT2D eigenvalue weighted by Crippen LogP contribution is -2.20. The highest BCUT2D eigenvalue weighted by Crippen LogP contribution is 2.24. The Kier molecular flexibility index (Phi) is 5.36. The number of benzene rings is 2. The summed E-state index contributed by atoms with van der Waals surface area (Å²) in [5, 5.41) is 2.70. The van der Waals surface area contributed by atoms with Gasteiger partial charge in [-0.15, -0.1) is 0 Å². The van der Waals surface area contributed by atoms with Crippen LogP contribution in [0.15, 0.2) is 45.3 Å². The van der Waals surface area contributed by atoms with E-state index in [9.17, 15) is 9.18 Å². The second-order valence-electron chi connectivity index (χ2n) is 4.39. The van der Waals surface area contributed by atoms with Crippen molar-refractivity contribution in [2.24, 2.45) is 0 Å². The molecule has 6 heteroatoms. The van der Waals surface area contributed by atoms with E-state index in [0.29, 0.717) is 10.2 Å². The molecule has 0 fully saturated rings. The van der Waals surface area contributed by atoms with Crippen LogP contribution in [0.3, 0.4) is 0 Å². The van der Waals surface area contributed by atoms with Gasteiger partial charge in [0.25, 0.3) is 5.91 Å². The molecule has 2 rings (SSSR count). The van der Waals surface area contributed by atoms with Crippen molar-refractivity contribution >= 4 is 43.5 Å². The Morgan fingerprint density at radius 2 is 2.00 bits per heavy atom. The third-order valence-corrected chi connectivity index (χ3v) is 3.80. The van der Waals surface area contributed by atoms with Crippen LogP contribution < -0.4 is 10.1 Å². The van der Waals surface area contributed by atoms with Gasteiger partial charge in [-0.3, -0.25) is 4.79 Å². The maximum atomic E-state index is 13.5. The highest BCUT2D eigenvalue weighted by molar-refractivity contribution is 9.10. The summed E-state index contributed by atoms with van der Waals surface area (Å²) < 4.78 is 20.1. The number of amides is 1. The molecule has 1 amide bonds. The molecule has 3 nitrogen and oxygen atoms in total. The average Bonchev–Trinajstić information content (AvgIpc) is 2.41. The predicted molar refractivity (Wildman–Crippen MR) is 87.1 cm³/mol. The van der Waals surface area contributed by atoms with E-state index in [-0.39, 0.29) is 18.3 Å². The molecule has 0 atom stereocenters. The summed E-state index contributed by atoms with van der Waals surface area (Å²) in [6.07, 6.45) is 0. The van der Waals surface area contributed by atoms with Gasteiger partial charge in [-0.1, -0.05) is 22.0 Å². The Hall–Kier alpha value is -1.40. The number of carbonyl (C=O) groups excluding carboxylic acids is 1. The fourth-order valence-electron chi connectivity index (χ4n) is 1.64. The van der Waals surface area contributed by atoms with Crippen LogP contribution in [0.1, 0.15) is 5.56 Å². The summed E-state index contributed by atoms with van der Waals surface area (Å²) in [6.45, 7) is 1.69. The Labute approximate surface area is 138 Å². The standard InChI is InChI=1S/C15H12Br2FNO2/c1-9-2-4-13(11(17)6-9)19-15(20)8-21-14-5-3-10(16)7-12(14)18/h2-7H,8H2,1H3,(H,19,20). The summed E-state index contributed by atoms with van der Waals surface area (Å²) >= 11 is 6.52. The minimum Gasteiger partial charge on any atom is -0.481 e. The number of ether oxygens (including phenoxy) is 1. The van der Waals surface area contributed by atoms with Gasteiger partial charge in [-0.2, -0.15) is 0 Å². The van der Waals surface area contributed by atoms with Gasteiger partial charge in [0.05, 0.1) is 5.69 Å². The van der Waals surface area contributed by atoms with Crippen molar-refractivity contribution in [1.82, 2.24) is 0 Å². The first kappa shape index (κ1) is 16.0. The first-order chi connectivity index (χ1) is 9.95. The number of carbonyl (C=O) groups is 1. The van der Waals surface area contributed by atoms with Crippen molar-refractivity contribution < 1.29 is 13.9 Å². The molecule has 21 heavy (non-hydrogen) atoms. The molecule has 2 aromatic carbocycles. The van der Waals surface area contributed by atoms with E-state index in [4.69, 9.17) is 4.74 Å². The lowest BCUT2D eigenvalue weighted by molar-refractivity contribution is -0.118. The van der Waals surface area contributed by atoms with Crippen molar-refractivity contribution in [2.75, 3.05) is 11.9 Å². The second kappa shape index (κ2) is 7.04. The van der Waals surface area contributed by atoms with E-state index in [1.807, 2.05) is 19.1 Å². The van der Waals surface area contributed by atoms with Gasteiger partial charge < -0.3 is 10.1 Å². The predicted octanol–water partition coefficient (Wildman–Crippen LogP) is 4.68. The summed E-state index contributed by atoms with van der Waals surface area (Å²) in [4.78, 5) is 11.8. The molecule has 0 aliphatic heterocycles. The largest absolute Gasteiger partial charge is 0.481 e. The first-order valence-corrected chi connectivity index (χ1v) is 7.68.